The molecule has 2 aromatic rings. The minimum absolute atomic E-state index is 0.0189. The number of aliphatic hydroxyl groups is 1. The van der Waals surface area contributed by atoms with Gasteiger partial charge < -0.3 is 5.11 Å². The molecule has 0 unspecified atom stereocenters. The average molecular weight is 213 g/mol. The van der Waals surface area contributed by atoms with Crippen LogP contribution >= 0.6 is 0 Å². The van der Waals surface area contributed by atoms with Gasteiger partial charge in [-0.15, -0.1) is 5.10 Å². The van der Waals surface area contributed by atoms with Gasteiger partial charge in [-0.05, 0) is 6.42 Å². The maximum atomic E-state index is 12.9. The van der Waals surface area contributed by atoms with Crippen molar-refractivity contribution in [2.75, 3.05) is 6.61 Å². The second kappa shape index (κ2) is 3.90. The van der Waals surface area contributed by atoms with Crippen LogP contribution in [0.15, 0.2) is 12.1 Å². The number of aromatic nitrogens is 3. The first-order valence-corrected chi connectivity index (χ1v) is 4.51. The van der Waals surface area contributed by atoms with Crippen LogP contribution in [0.2, 0.25) is 0 Å². The third-order valence-electron chi connectivity index (χ3n) is 2.08. The Balaban J connectivity index is 2.45. The highest BCUT2D eigenvalue weighted by Crippen LogP contribution is 2.16. The van der Waals surface area contributed by atoms with Crippen LogP contribution in [0.3, 0.4) is 0 Å². The van der Waals surface area contributed by atoms with Crippen molar-refractivity contribution in [2.24, 2.45) is 0 Å². The standard InChI is InChI=1S/C9H9F2N3O/c10-6-4-8-9(5-7(6)11)14(13-12-8)2-1-3-15/h4-5,15H,1-3H2. The van der Waals surface area contributed by atoms with Gasteiger partial charge in [0, 0.05) is 25.3 Å². The molecule has 0 saturated heterocycles. The van der Waals surface area contributed by atoms with Gasteiger partial charge in [-0.1, -0.05) is 5.21 Å². The molecule has 15 heavy (non-hydrogen) atoms. The first-order valence-electron chi connectivity index (χ1n) is 4.51. The van der Waals surface area contributed by atoms with Gasteiger partial charge in [0.15, 0.2) is 11.6 Å². The fourth-order valence-electron chi connectivity index (χ4n) is 1.35. The summed E-state index contributed by atoms with van der Waals surface area (Å²) in [6, 6.07) is 2.06. The summed E-state index contributed by atoms with van der Waals surface area (Å²) in [6.45, 7) is 0.448. The van der Waals surface area contributed by atoms with Crippen LogP contribution < -0.4 is 0 Å². The van der Waals surface area contributed by atoms with E-state index in [0.717, 1.165) is 12.1 Å². The number of aliphatic hydroxyl groups excluding tert-OH is 1. The normalized spacial score (nSPS) is 11.1. The summed E-state index contributed by atoms with van der Waals surface area (Å²) in [5.41, 5.74) is 0.745. The quantitative estimate of drug-likeness (QED) is 0.830. The number of aryl methyl sites for hydroxylation is 1. The van der Waals surface area contributed by atoms with E-state index in [1.807, 2.05) is 0 Å². The van der Waals surface area contributed by atoms with Gasteiger partial charge in [-0.2, -0.15) is 0 Å². The van der Waals surface area contributed by atoms with E-state index in [4.69, 9.17) is 5.11 Å². The lowest BCUT2D eigenvalue weighted by atomic mass is 10.3. The highest BCUT2D eigenvalue weighted by Gasteiger charge is 2.09. The summed E-state index contributed by atoms with van der Waals surface area (Å²) in [7, 11) is 0. The molecular weight excluding hydrogens is 204 g/mol. The van der Waals surface area contributed by atoms with Crippen molar-refractivity contribution < 1.29 is 13.9 Å². The monoisotopic (exact) mass is 213 g/mol. The molecule has 0 atom stereocenters. The number of rotatable bonds is 3. The molecule has 2 rings (SSSR count). The van der Waals surface area contributed by atoms with Crippen LogP contribution in [-0.4, -0.2) is 26.7 Å². The molecule has 1 aromatic carbocycles. The lowest BCUT2D eigenvalue weighted by Crippen LogP contribution is -2.02. The number of nitrogens with zero attached hydrogens (tertiary/aromatic N) is 3. The van der Waals surface area contributed by atoms with Crippen LogP contribution in [0.25, 0.3) is 11.0 Å². The molecule has 0 radical (unpaired) electrons. The lowest BCUT2D eigenvalue weighted by molar-refractivity contribution is 0.277. The Bertz CT molecular complexity index is 483. The zero-order valence-corrected chi connectivity index (χ0v) is 7.82. The highest BCUT2D eigenvalue weighted by atomic mass is 19.2. The fraction of sp³-hybridized carbons (Fsp3) is 0.333. The van der Waals surface area contributed by atoms with E-state index in [1.165, 1.54) is 4.68 Å². The van der Waals surface area contributed by atoms with Crippen LogP contribution in [-0.2, 0) is 6.54 Å². The van der Waals surface area contributed by atoms with E-state index >= 15 is 0 Å². The molecule has 1 N–H and O–H groups in total. The predicted octanol–water partition coefficient (Wildman–Crippen LogP) is 1.09. The van der Waals surface area contributed by atoms with Crippen LogP contribution in [0, 0.1) is 11.6 Å². The maximum Gasteiger partial charge on any atom is 0.161 e. The Labute approximate surface area is 84.1 Å². The van der Waals surface area contributed by atoms with Gasteiger partial charge in [0.1, 0.15) is 5.52 Å². The average Bonchev–Trinajstić information content (AvgIpc) is 2.59. The van der Waals surface area contributed by atoms with Gasteiger partial charge in [0.25, 0.3) is 0 Å². The van der Waals surface area contributed by atoms with E-state index < -0.39 is 11.6 Å². The van der Waals surface area contributed by atoms with Crippen LogP contribution in [0.1, 0.15) is 6.42 Å². The van der Waals surface area contributed by atoms with Crippen molar-refractivity contribution >= 4 is 11.0 Å². The smallest absolute Gasteiger partial charge is 0.161 e. The summed E-state index contributed by atoms with van der Waals surface area (Å²) < 4.78 is 27.2. The summed E-state index contributed by atoms with van der Waals surface area (Å²) in [4.78, 5) is 0. The van der Waals surface area contributed by atoms with Crippen molar-refractivity contribution in [1.29, 1.82) is 0 Å². The second-order valence-electron chi connectivity index (χ2n) is 3.14. The Kier molecular flexibility index (Phi) is 2.59. The lowest BCUT2D eigenvalue weighted by Gasteiger charge is -1.99. The Morgan fingerprint density at radius 2 is 2.00 bits per heavy atom. The molecule has 0 aliphatic heterocycles. The van der Waals surface area contributed by atoms with Crippen LogP contribution in [0.5, 0.6) is 0 Å². The van der Waals surface area contributed by atoms with Gasteiger partial charge in [-0.3, -0.25) is 0 Å². The molecule has 0 aliphatic carbocycles. The zero-order chi connectivity index (χ0) is 10.8. The molecule has 0 bridgehead atoms. The maximum absolute atomic E-state index is 12.9. The summed E-state index contributed by atoms with van der Waals surface area (Å²) in [5, 5.41) is 16.1. The van der Waals surface area contributed by atoms with Gasteiger partial charge in [0.2, 0.25) is 0 Å². The van der Waals surface area contributed by atoms with E-state index in [1.54, 1.807) is 0 Å². The van der Waals surface area contributed by atoms with E-state index in [-0.39, 0.29) is 6.61 Å². The predicted molar refractivity (Wildman–Crippen MR) is 49.1 cm³/mol. The number of fused-ring (bicyclic) bond motifs is 1. The molecule has 1 heterocycles. The first-order chi connectivity index (χ1) is 7.22. The Morgan fingerprint density at radius 3 is 2.73 bits per heavy atom. The Hall–Kier alpha value is -1.56. The third-order valence-corrected chi connectivity index (χ3v) is 2.08. The molecule has 0 amide bonds. The van der Waals surface area contributed by atoms with E-state index in [2.05, 4.69) is 10.3 Å². The van der Waals surface area contributed by atoms with Crippen molar-refractivity contribution in [2.45, 2.75) is 13.0 Å². The van der Waals surface area contributed by atoms with Crippen molar-refractivity contribution in [1.82, 2.24) is 15.0 Å². The number of halogens is 2. The first kappa shape index (κ1) is 9.97. The minimum atomic E-state index is -0.934. The molecular formula is C9H9F2N3O. The van der Waals surface area contributed by atoms with Crippen LogP contribution in [0.4, 0.5) is 8.78 Å². The van der Waals surface area contributed by atoms with E-state index in [0.29, 0.717) is 24.0 Å². The number of hydrogen-bond acceptors (Lipinski definition) is 3. The fourth-order valence-corrected chi connectivity index (χ4v) is 1.35. The van der Waals surface area contributed by atoms with Crippen molar-refractivity contribution in [3.63, 3.8) is 0 Å². The molecule has 0 spiro atoms. The summed E-state index contributed by atoms with van der Waals surface area (Å²) >= 11 is 0. The number of hydrogen-bond donors (Lipinski definition) is 1. The summed E-state index contributed by atoms with van der Waals surface area (Å²) in [6.07, 6.45) is 0.497. The zero-order valence-electron chi connectivity index (χ0n) is 7.82. The van der Waals surface area contributed by atoms with E-state index in [9.17, 15) is 8.78 Å². The molecule has 0 fully saturated rings. The van der Waals surface area contributed by atoms with Gasteiger partial charge in [0.05, 0.1) is 5.52 Å². The second-order valence-corrected chi connectivity index (χ2v) is 3.14. The minimum Gasteiger partial charge on any atom is -0.396 e. The molecule has 0 aliphatic rings. The molecule has 0 saturated carbocycles. The van der Waals surface area contributed by atoms with Gasteiger partial charge >= 0.3 is 0 Å². The molecule has 6 heteroatoms. The summed E-state index contributed by atoms with van der Waals surface area (Å²) in [5.74, 6) is -1.85. The van der Waals surface area contributed by atoms with Crippen molar-refractivity contribution in [3.8, 4) is 0 Å². The van der Waals surface area contributed by atoms with Crippen molar-refractivity contribution in [3.05, 3.63) is 23.8 Å². The molecule has 4 nitrogen and oxygen atoms in total. The SMILES string of the molecule is OCCCn1nnc2cc(F)c(F)cc21. The number of benzene rings is 1. The molecule has 1 aromatic heterocycles. The highest BCUT2D eigenvalue weighted by molar-refractivity contribution is 5.74. The molecule has 80 valence electrons. The third kappa shape index (κ3) is 1.80. The largest absolute Gasteiger partial charge is 0.396 e. The topological polar surface area (TPSA) is 50.9 Å². The Morgan fingerprint density at radius 1 is 1.27 bits per heavy atom. The van der Waals surface area contributed by atoms with Gasteiger partial charge in [-0.25, -0.2) is 13.5 Å².